The molecule has 0 unspecified atom stereocenters. The molecule has 2 aromatic carbocycles. The standard InChI is InChI=1S/C23H18ClN5O5S/c1-2-28-17(11-35-23-25-15-9-13(21(31)32)5-8-16(15)34-23)26-19-18(28)20(30)27-22(33)29(19)10-12-3-6-14(24)7-4-12/h3-9H,2,10-11H2,1H3,(H,31,32)(H,27,30,33). The SMILES string of the molecule is CCn1c(CSc2nc3cc(C(=O)O)ccc3o2)nc2c1c(=O)[nH]c(=O)n2Cc1ccc(Cl)cc1. The first kappa shape index (κ1) is 22.9. The summed E-state index contributed by atoms with van der Waals surface area (Å²) in [7, 11) is 0. The number of thioether (sulfide) groups is 1. The molecule has 0 spiro atoms. The van der Waals surface area contributed by atoms with E-state index in [0.717, 1.165) is 5.56 Å². The number of nitrogens with zero attached hydrogens (tertiary/aromatic N) is 4. The van der Waals surface area contributed by atoms with Crippen LogP contribution in [0.5, 0.6) is 0 Å². The number of carboxylic acid groups (broad SMARTS) is 1. The number of hydrogen-bond acceptors (Lipinski definition) is 7. The molecule has 0 radical (unpaired) electrons. The third-order valence-electron chi connectivity index (χ3n) is 5.47. The van der Waals surface area contributed by atoms with Crippen LogP contribution < -0.4 is 11.2 Å². The van der Waals surface area contributed by atoms with E-state index in [-0.39, 0.29) is 17.8 Å². The van der Waals surface area contributed by atoms with Crippen LogP contribution in [0.25, 0.3) is 22.3 Å². The van der Waals surface area contributed by atoms with Gasteiger partial charge in [-0.15, -0.1) is 0 Å². The maximum atomic E-state index is 12.7. The van der Waals surface area contributed by atoms with Crippen LogP contribution in [0.3, 0.4) is 0 Å². The number of nitrogens with one attached hydrogen (secondary N) is 1. The van der Waals surface area contributed by atoms with Crippen molar-refractivity contribution in [2.45, 2.75) is 31.0 Å². The van der Waals surface area contributed by atoms with Gasteiger partial charge in [-0.1, -0.05) is 35.5 Å². The highest BCUT2D eigenvalue weighted by atomic mass is 35.5. The Morgan fingerprint density at radius 1 is 1.14 bits per heavy atom. The number of carbonyl (C=O) groups is 1. The lowest BCUT2D eigenvalue weighted by Gasteiger charge is -2.07. The summed E-state index contributed by atoms with van der Waals surface area (Å²) in [6.07, 6.45) is 0. The van der Waals surface area contributed by atoms with Gasteiger partial charge in [0, 0.05) is 11.6 Å². The minimum atomic E-state index is -1.05. The molecule has 3 aromatic heterocycles. The smallest absolute Gasteiger partial charge is 0.335 e. The number of fused-ring (bicyclic) bond motifs is 2. The van der Waals surface area contributed by atoms with Crippen molar-refractivity contribution in [3.8, 4) is 0 Å². The Hall–Kier alpha value is -3.83. The maximum absolute atomic E-state index is 12.7. The molecule has 5 aromatic rings. The van der Waals surface area contributed by atoms with E-state index >= 15 is 0 Å². The molecule has 178 valence electrons. The van der Waals surface area contributed by atoms with Crippen LogP contribution in [0.2, 0.25) is 5.02 Å². The fraction of sp³-hybridized carbons (Fsp3) is 0.174. The van der Waals surface area contributed by atoms with Gasteiger partial charge in [0.2, 0.25) is 0 Å². The minimum absolute atomic E-state index is 0.119. The fourth-order valence-electron chi connectivity index (χ4n) is 3.81. The lowest BCUT2D eigenvalue weighted by atomic mass is 10.2. The first-order chi connectivity index (χ1) is 16.8. The second-order valence-corrected chi connectivity index (χ2v) is 9.04. The van der Waals surface area contributed by atoms with E-state index in [1.807, 2.05) is 19.1 Å². The highest BCUT2D eigenvalue weighted by Gasteiger charge is 2.19. The van der Waals surface area contributed by atoms with Crippen molar-refractivity contribution < 1.29 is 14.3 Å². The minimum Gasteiger partial charge on any atom is -0.478 e. The zero-order chi connectivity index (χ0) is 24.7. The van der Waals surface area contributed by atoms with E-state index < -0.39 is 17.2 Å². The quantitative estimate of drug-likeness (QED) is 0.315. The van der Waals surface area contributed by atoms with Crippen LogP contribution in [0.1, 0.15) is 28.7 Å². The molecule has 10 nitrogen and oxygen atoms in total. The van der Waals surface area contributed by atoms with Gasteiger partial charge in [-0.25, -0.2) is 19.6 Å². The number of aromatic nitrogens is 5. The molecule has 0 aliphatic rings. The molecule has 0 amide bonds. The Labute approximate surface area is 206 Å². The van der Waals surface area contributed by atoms with Crippen LogP contribution in [0, 0.1) is 0 Å². The number of H-pyrrole nitrogens is 1. The number of aromatic carboxylic acids is 1. The van der Waals surface area contributed by atoms with Crippen molar-refractivity contribution >= 4 is 51.6 Å². The highest BCUT2D eigenvalue weighted by molar-refractivity contribution is 7.98. The topological polar surface area (TPSA) is 136 Å². The third-order valence-corrected chi connectivity index (χ3v) is 6.55. The normalized spacial score (nSPS) is 11.5. The lowest BCUT2D eigenvalue weighted by Crippen LogP contribution is -2.31. The number of rotatable bonds is 7. The van der Waals surface area contributed by atoms with Gasteiger partial charge in [0.05, 0.1) is 17.9 Å². The summed E-state index contributed by atoms with van der Waals surface area (Å²) >= 11 is 7.22. The van der Waals surface area contributed by atoms with Crippen molar-refractivity contribution in [2.24, 2.45) is 0 Å². The van der Waals surface area contributed by atoms with Crippen molar-refractivity contribution in [1.82, 2.24) is 24.1 Å². The number of aromatic amines is 1. The number of imidazole rings is 1. The predicted molar refractivity (Wildman–Crippen MR) is 131 cm³/mol. The van der Waals surface area contributed by atoms with Gasteiger partial charge < -0.3 is 14.1 Å². The van der Waals surface area contributed by atoms with Crippen LogP contribution in [-0.2, 0) is 18.8 Å². The average Bonchev–Trinajstić information content (AvgIpc) is 3.42. The number of benzene rings is 2. The third kappa shape index (κ3) is 4.35. The highest BCUT2D eigenvalue weighted by Crippen LogP contribution is 2.27. The zero-order valence-corrected chi connectivity index (χ0v) is 19.9. The van der Waals surface area contributed by atoms with Gasteiger partial charge in [-0.3, -0.25) is 14.3 Å². The Kier molecular flexibility index (Phi) is 5.95. The van der Waals surface area contributed by atoms with Crippen molar-refractivity contribution in [1.29, 1.82) is 0 Å². The molecule has 35 heavy (non-hydrogen) atoms. The summed E-state index contributed by atoms with van der Waals surface area (Å²) in [5, 5.41) is 10.1. The van der Waals surface area contributed by atoms with E-state index in [9.17, 15) is 14.4 Å². The molecule has 0 atom stereocenters. The van der Waals surface area contributed by atoms with E-state index in [1.165, 1.54) is 28.5 Å². The van der Waals surface area contributed by atoms with E-state index in [0.29, 0.717) is 45.0 Å². The average molecular weight is 512 g/mol. The molecule has 5 rings (SSSR count). The first-order valence-electron chi connectivity index (χ1n) is 10.6. The van der Waals surface area contributed by atoms with Gasteiger partial charge in [0.15, 0.2) is 16.7 Å². The second-order valence-electron chi connectivity index (χ2n) is 7.67. The van der Waals surface area contributed by atoms with Crippen LogP contribution in [-0.4, -0.2) is 35.2 Å². The molecule has 0 fully saturated rings. The molecule has 3 heterocycles. The Morgan fingerprint density at radius 2 is 1.91 bits per heavy atom. The Balaban J connectivity index is 1.50. The molecule has 0 aliphatic carbocycles. The number of hydrogen-bond donors (Lipinski definition) is 2. The lowest BCUT2D eigenvalue weighted by molar-refractivity contribution is 0.0697. The Bertz CT molecular complexity index is 1700. The van der Waals surface area contributed by atoms with E-state index in [4.69, 9.17) is 21.1 Å². The van der Waals surface area contributed by atoms with Gasteiger partial charge in [-0.2, -0.15) is 0 Å². The monoisotopic (exact) mass is 511 g/mol. The molecule has 0 aliphatic heterocycles. The molecular formula is C23H18ClN5O5S. The largest absolute Gasteiger partial charge is 0.478 e. The van der Waals surface area contributed by atoms with Gasteiger partial charge in [0.1, 0.15) is 11.3 Å². The number of aryl methyl sites for hydroxylation is 1. The first-order valence-corrected chi connectivity index (χ1v) is 11.9. The second kappa shape index (κ2) is 9.08. The summed E-state index contributed by atoms with van der Waals surface area (Å²) in [4.78, 5) is 47.9. The summed E-state index contributed by atoms with van der Waals surface area (Å²) in [5.41, 5.74) is 1.39. The van der Waals surface area contributed by atoms with E-state index in [1.54, 1.807) is 22.8 Å². The van der Waals surface area contributed by atoms with Crippen molar-refractivity contribution in [3.05, 3.63) is 85.3 Å². The number of halogens is 1. The summed E-state index contributed by atoms with van der Waals surface area (Å²) in [6, 6.07) is 11.5. The molecule has 0 saturated carbocycles. The van der Waals surface area contributed by atoms with Gasteiger partial charge in [-0.05, 0) is 42.8 Å². The van der Waals surface area contributed by atoms with Crippen LogP contribution in [0.4, 0.5) is 0 Å². The number of carboxylic acids is 1. The predicted octanol–water partition coefficient (Wildman–Crippen LogP) is 3.74. The zero-order valence-electron chi connectivity index (χ0n) is 18.3. The summed E-state index contributed by atoms with van der Waals surface area (Å²) in [6.45, 7) is 2.56. The van der Waals surface area contributed by atoms with Crippen molar-refractivity contribution in [2.75, 3.05) is 0 Å². The Morgan fingerprint density at radius 3 is 2.63 bits per heavy atom. The molecular weight excluding hydrogens is 494 g/mol. The summed E-state index contributed by atoms with van der Waals surface area (Å²) < 4.78 is 8.89. The van der Waals surface area contributed by atoms with E-state index in [2.05, 4.69) is 15.0 Å². The van der Waals surface area contributed by atoms with Crippen molar-refractivity contribution in [3.63, 3.8) is 0 Å². The number of oxazole rings is 1. The van der Waals surface area contributed by atoms with Gasteiger partial charge >= 0.3 is 11.7 Å². The fourth-order valence-corrected chi connectivity index (χ4v) is 4.73. The molecule has 0 saturated heterocycles. The molecule has 2 N–H and O–H groups in total. The molecule has 0 bridgehead atoms. The van der Waals surface area contributed by atoms with Gasteiger partial charge in [0.25, 0.3) is 10.8 Å². The molecule has 12 heteroatoms. The van der Waals surface area contributed by atoms with Crippen LogP contribution >= 0.6 is 23.4 Å². The van der Waals surface area contributed by atoms with Crippen LogP contribution in [0.15, 0.2) is 61.7 Å². The summed E-state index contributed by atoms with van der Waals surface area (Å²) in [5.74, 6) is -0.159. The maximum Gasteiger partial charge on any atom is 0.335 e.